The van der Waals surface area contributed by atoms with Crippen molar-refractivity contribution in [2.24, 2.45) is 0 Å². The van der Waals surface area contributed by atoms with Gasteiger partial charge in [0, 0.05) is 26.7 Å². The van der Waals surface area contributed by atoms with Gasteiger partial charge >= 0.3 is 6.09 Å². The average Bonchev–Trinajstić information content (AvgIpc) is 3.26. The smallest absolute Gasteiger partial charge is 0.410 e. The van der Waals surface area contributed by atoms with E-state index < -0.39 is 5.60 Å². The minimum absolute atomic E-state index is 0.271. The minimum Gasteiger partial charge on any atom is -0.444 e. The minimum atomic E-state index is -0.442. The number of hydrogen-bond donors (Lipinski definition) is 1. The molecule has 4 heteroatoms. The summed E-state index contributed by atoms with van der Waals surface area (Å²) in [4.78, 5) is 13.5. The molecule has 0 saturated heterocycles. The summed E-state index contributed by atoms with van der Waals surface area (Å²) in [6.45, 7) is 7.90. The summed E-state index contributed by atoms with van der Waals surface area (Å²) in [7, 11) is 1.77. The van der Waals surface area contributed by atoms with E-state index in [4.69, 9.17) is 4.74 Å². The van der Waals surface area contributed by atoms with Crippen LogP contribution >= 0.6 is 0 Å². The zero-order chi connectivity index (χ0) is 16.2. The van der Waals surface area contributed by atoms with E-state index in [0.717, 1.165) is 19.0 Å². The second kappa shape index (κ2) is 7.14. The molecule has 0 radical (unpaired) electrons. The van der Waals surface area contributed by atoms with Crippen LogP contribution in [-0.2, 0) is 11.3 Å². The molecule has 0 heterocycles. The summed E-state index contributed by atoms with van der Waals surface area (Å²) in [5.74, 6) is 0.766. The molecule has 1 aliphatic carbocycles. The van der Waals surface area contributed by atoms with Crippen LogP contribution in [0.25, 0.3) is 0 Å². The highest BCUT2D eigenvalue weighted by atomic mass is 16.6. The molecule has 1 aromatic rings. The van der Waals surface area contributed by atoms with E-state index in [-0.39, 0.29) is 6.09 Å². The molecule has 1 aromatic carbocycles. The van der Waals surface area contributed by atoms with Crippen molar-refractivity contribution in [1.82, 2.24) is 10.2 Å². The highest BCUT2D eigenvalue weighted by molar-refractivity contribution is 5.67. The molecule has 4 nitrogen and oxygen atoms in total. The molecule has 0 atom stereocenters. The second-order valence-corrected chi connectivity index (χ2v) is 7.05. The highest BCUT2D eigenvalue weighted by Gasteiger charge is 2.25. The van der Waals surface area contributed by atoms with Gasteiger partial charge in [0.1, 0.15) is 5.60 Å². The van der Waals surface area contributed by atoms with Gasteiger partial charge in [-0.15, -0.1) is 0 Å². The molecule has 1 saturated carbocycles. The molecular formula is C18H28N2O2. The molecule has 122 valence electrons. The van der Waals surface area contributed by atoms with E-state index in [0.29, 0.717) is 6.54 Å². The van der Waals surface area contributed by atoms with Crippen molar-refractivity contribution in [2.75, 3.05) is 20.1 Å². The van der Waals surface area contributed by atoms with Crippen LogP contribution < -0.4 is 5.32 Å². The number of likely N-dealkylation sites (N-methyl/N-ethyl adjacent to an activating group) is 1. The Morgan fingerprint density at radius 3 is 2.64 bits per heavy atom. The van der Waals surface area contributed by atoms with Crippen molar-refractivity contribution in [2.45, 2.75) is 51.7 Å². The maximum atomic E-state index is 11.9. The monoisotopic (exact) mass is 304 g/mol. The molecule has 0 spiro atoms. The van der Waals surface area contributed by atoms with Gasteiger partial charge in [-0.2, -0.15) is 0 Å². The van der Waals surface area contributed by atoms with Crippen LogP contribution in [-0.4, -0.2) is 36.7 Å². The molecular weight excluding hydrogens is 276 g/mol. The van der Waals surface area contributed by atoms with E-state index in [1.165, 1.54) is 24.0 Å². The van der Waals surface area contributed by atoms with Crippen molar-refractivity contribution in [3.8, 4) is 0 Å². The number of hydrogen-bond acceptors (Lipinski definition) is 3. The number of nitrogens with zero attached hydrogens (tertiary/aromatic N) is 1. The van der Waals surface area contributed by atoms with Crippen molar-refractivity contribution < 1.29 is 9.53 Å². The first-order chi connectivity index (χ1) is 10.4. The average molecular weight is 304 g/mol. The van der Waals surface area contributed by atoms with Crippen LogP contribution in [0.4, 0.5) is 4.79 Å². The number of carbonyl (C=O) groups excluding carboxylic acids is 1. The van der Waals surface area contributed by atoms with Crippen LogP contribution in [0.3, 0.4) is 0 Å². The second-order valence-electron chi connectivity index (χ2n) is 7.05. The van der Waals surface area contributed by atoms with E-state index in [9.17, 15) is 4.79 Å². The first-order valence-electron chi connectivity index (χ1n) is 8.09. The zero-order valence-electron chi connectivity index (χ0n) is 14.2. The lowest BCUT2D eigenvalue weighted by atomic mass is 10.0. The lowest BCUT2D eigenvalue weighted by Gasteiger charge is -2.24. The van der Waals surface area contributed by atoms with Crippen molar-refractivity contribution in [3.05, 3.63) is 35.4 Å². The lowest BCUT2D eigenvalue weighted by Crippen LogP contribution is -2.37. The third-order valence-electron chi connectivity index (χ3n) is 3.72. The Hall–Kier alpha value is -1.55. The molecule has 22 heavy (non-hydrogen) atoms. The number of amides is 1. The van der Waals surface area contributed by atoms with E-state index in [1.54, 1.807) is 11.9 Å². The third-order valence-corrected chi connectivity index (χ3v) is 3.72. The van der Waals surface area contributed by atoms with Gasteiger partial charge in [-0.25, -0.2) is 4.79 Å². The Bertz CT molecular complexity index is 504. The van der Waals surface area contributed by atoms with E-state index in [1.807, 2.05) is 20.8 Å². The molecule has 2 rings (SSSR count). The van der Waals surface area contributed by atoms with Gasteiger partial charge < -0.3 is 15.0 Å². The highest BCUT2D eigenvalue weighted by Crippen LogP contribution is 2.41. The fourth-order valence-electron chi connectivity index (χ4n) is 2.39. The van der Waals surface area contributed by atoms with Crippen LogP contribution in [0.2, 0.25) is 0 Å². The largest absolute Gasteiger partial charge is 0.444 e. The number of ether oxygens (including phenoxy) is 1. The van der Waals surface area contributed by atoms with Crippen LogP contribution in [0.15, 0.2) is 24.3 Å². The molecule has 0 bridgehead atoms. The molecule has 1 aliphatic rings. The van der Waals surface area contributed by atoms with Crippen molar-refractivity contribution in [1.29, 1.82) is 0 Å². The first kappa shape index (κ1) is 16.8. The van der Waals surface area contributed by atoms with Gasteiger partial charge in [-0.1, -0.05) is 24.3 Å². The molecule has 0 unspecified atom stereocenters. The fourth-order valence-corrected chi connectivity index (χ4v) is 2.39. The predicted octanol–water partition coefficient (Wildman–Crippen LogP) is 3.52. The molecule has 1 N–H and O–H groups in total. The van der Waals surface area contributed by atoms with Gasteiger partial charge in [0.2, 0.25) is 0 Å². The number of carbonyl (C=O) groups is 1. The van der Waals surface area contributed by atoms with Crippen LogP contribution in [0.1, 0.15) is 50.7 Å². The van der Waals surface area contributed by atoms with E-state index >= 15 is 0 Å². The molecule has 1 amide bonds. The Morgan fingerprint density at radius 1 is 1.32 bits per heavy atom. The van der Waals surface area contributed by atoms with Gasteiger partial charge in [0.05, 0.1) is 0 Å². The maximum absolute atomic E-state index is 11.9. The van der Waals surface area contributed by atoms with Gasteiger partial charge in [-0.3, -0.25) is 0 Å². The standard InChI is InChI=1S/C18H28N2O2/c1-18(2,3)22-17(21)20(4)12-11-19-13-15-7-5-6-8-16(15)14-9-10-14/h5-8,14,19H,9-13H2,1-4H3. The SMILES string of the molecule is CN(CCNCc1ccccc1C1CC1)C(=O)OC(C)(C)C. The van der Waals surface area contributed by atoms with Gasteiger partial charge in [0.25, 0.3) is 0 Å². The first-order valence-corrected chi connectivity index (χ1v) is 8.09. The summed E-state index contributed by atoms with van der Waals surface area (Å²) in [5, 5.41) is 3.42. The number of benzene rings is 1. The number of rotatable bonds is 6. The molecule has 0 aliphatic heterocycles. The topological polar surface area (TPSA) is 41.6 Å². The Balaban J connectivity index is 1.72. The summed E-state index contributed by atoms with van der Waals surface area (Å²) < 4.78 is 5.33. The van der Waals surface area contributed by atoms with Crippen molar-refractivity contribution >= 4 is 6.09 Å². The van der Waals surface area contributed by atoms with E-state index in [2.05, 4.69) is 29.6 Å². The predicted molar refractivity (Wildman–Crippen MR) is 89.0 cm³/mol. The third kappa shape index (κ3) is 5.34. The fraction of sp³-hybridized carbons (Fsp3) is 0.611. The number of nitrogens with one attached hydrogen (secondary N) is 1. The lowest BCUT2D eigenvalue weighted by molar-refractivity contribution is 0.0300. The van der Waals surface area contributed by atoms with Gasteiger partial charge in [0.15, 0.2) is 0 Å². The Labute approximate surface area is 133 Å². The zero-order valence-corrected chi connectivity index (χ0v) is 14.2. The molecule has 0 aromatic heterocycles. The van der Waals surface area contributed by atoms with Crippen LogP contribution in [0, 0.1) is 0 Å². The normalized spacial score (nSPS) is 14.7. The Morgan fingerprint density at radius 2 is 2.00 bits per heavy atom. The maximum Gasteiger partial charge on any atom is 0.410 e. The Kier molecular flexibility index (Phi) is 5.46. The summed E-state index contributed by atoms with van der Waals surface area (Å²) in [5.41, 5.74) is 2.42. The summed E-state index contributed by atoms with van der Waals surface area (Å²) in [6.07, 6.45) is 2.37. The summed E-state index contributed by atoms with van der Waals surface area (Å²) >= 11 is 0. The van der Waals surface area contributed by atoms with Crippen molar-refractivity contribution in [3.63, 3.8) is 0 Å². The summed E-state index contributed by atoms with van der Waals surface area (Å²) in [6, 6.07) is 8.64. The van der Waals surface area contributed by atoms with Crippen LogP contribution in [0.5, 0.6) is 0 Å². The van der Waals surface area contributed by atoms with Gasteiger partial charge in [-0.05, 0) is 50.7 Å². The quantitative estimate of drug-likeness (QED) is 0.818. The molecule has 1 fully saturated rings.